The molecule has 4 aliphatic rings. The molecule has 4 rings (SSSR count). The van der Waals surface area contributed by atoms with Crippen LogP contribution in [-0.2, 0) is 9.53 Å². The molecule has 0 bridgehead atoms. The number of aliphatic hydroxyl groups is 2. The van der Waals surface area contributed by atoms with Gasteiger partial charge >= 0.3 is 5.97 Å². The van der Waals surface area contributed by atoms with Crippen molar-refractivity contribution in [3.8, 4) is 0 Å². The van der Waals surface area contributed by atoms with Crippen molar-refractivity contribution in [3.05, 3.63) is 24.4 Å². The van der Waals surface area contributed by atoms with Crippen molar-refractivity contribution in [1.82, 2.24) is 0 Å². The molecule has 3 N–H and O–H groups in total. The molecule has 0 amide bonds. The number of fused-ring (bicyclic) bond motifs is 1. The highest BCUT2D eigenvalue weighted by Gasteiger charge is 2.58. The maximum absolute atomic E-state index is 11.9. The van der Waals surface area contributed by atoms with Crippen LogP contribution in [0.25, 0.3) is 0 Å². The first-order valence-corrected chi connectivity index (χ1v) is 15.3. The van der Waals surface area contributed by atoms with Gasteiger partial charge in [0.05, 0.1) is 24.4 Å². The first-order chi connectivity index (χ1) is 18.2. The van der Waals surface area contributed by atoms with E-state index in [0.717, 1.165) is 44.9 Å². The second kappa shape index (κ2) is 12.7. The van der Waals surface area contributed by atoms with Crippen LogP contribution in [-0.4, -0.2) is 46.0 Å². The second-order valence-corrected chi connectivity index (χ2v) is 13.1. The van der Waals surface area contributed by atoms with E-state index in [2.05, 4.69) is 32.3 Å². The Balaban J connectivity index is 1.40. The van der Waals surface area contributed by atoms with Gasteiger partial charge in [-0.05, 0) is 111 Å². The molecular weight excluding hydrogens is 478 g/mol. The van der Waals surface area contributed by atoms with E-state index in [1.54, 1.807) is 0 Å². The average molecular weight is 530 g/mol. The summed E-state index contributed by atoms with van der Waals surface area (Å²) in [6.07, 6.45) is 14.4. The van der Waals surface area contributed by atoms with Crippen LogP contribution in [0.15, 0.2) is 29.4 Å². The summed E-state index contributed by atoms with van der Waals surface area (Å²) in [5, 5.41) is 31.5. The van der Waals surface area contributed by atoms with Crippen LogP contribution in [0.3, 0.4) is 0 Å². The number of aliphatic hydroxyl groups excluding tert-OH is 2. The average Bonchev–Trinajstić information content (AvgIpc) is 3.38. The lowest BCUT2D eigenvalue weighted by atomic mass is 9.45. The van der Waals surface area contributed by atoms with Crippen molar-refractivity contribution in [2.75, 3.05) is 6.61 Å². The summed E-state index contributed by atoms with van der Waals surface area (Å²) in [6.45, 7) is 11.7. The van der Waals surface area contributed by atoms with Crippen molar-refractivity contribution in [2.45, 2.75) is 110 Å². The van der Waals surface area contributed by atoms with Crippen molar-refractivity contribution >= 4 is 11.9 Å². The molecule has 0 aromatic rings. The number of carboxylic acid groups (broad SMARTS) is 1. The van der Waals surface area contributed by atoms with Gasteiger partial charge in [0.15, 0.2) is 5.90 Å². The largest absolute Gasteiger partial charge is 0.481 e. The minimum absolute atomic E-state index is 0.181. The summed E-state index contributed by atoms with van der Waals surface area (Å²) in [6, 6.07) is 0. The number of carbonyl (C=O) groups is 1. The third-order valence-corrected chi connectivity index (χ3v) is 11.2. The Hall–Kier alpha value is -1.66. The van der Waals surface area contributed by atoms with Crippen LogP contribution in [0.4, 0.5) is 0 Å². The molecule has 1 heterocycles. The highest BCUT2D eigenvalue weighted by molar-refractivity contribution is 5.90. The predicted octanol–water partition coefficient (Wildman–Crippen LogP) is 6.37. The number of allylic oxidation sites excluding steroid dienone is 1. The number of hydrogen-bond acceptors (Lipinski definition) is 5. The first-order valence-electron chi connectivity index (χ1n) is 15.3. The van der Waals surface area contributed by atoms with E-state index >= 15 is 0 Å². The maximum Gasteiger partial charge on any atom is 0.333 e. The minimum Gasteiger partial charge on any atom is -0.481 e. The summed E-state index contributed by atoms with van der Waals surface area (Å²) in [4.78, 5) is 15.3. The smallest absolute Gasteiger partial charge is 0.333 e. The fourth-order valence-corrected chi connectivity index (χ4v) is 8.93. The molecule has 0 aromatic carbocycles. The van der Waals surface area contributed by atoms with Gasteiger partial charge in [0, 0.05) is 12.6 Å². The van der Waals surface area contributed by atoms with Gasteiger partial charge in [-0.3, -0.25) is 0 Å². The number of carboxylic acids is 1. The molecule has 10 atom stereocenters. The van der Waals surface area contributed by atoms with Crippen molar-refractivity contribution in [2.24, 2.45) is 51.8 Å². The van der Waals surface area contributed by atoms with Crippen LogP contribution >= 0.6 is 0 Å². The van der Waals surface area contributed by atoms with Crippen LogP contribution in [0.2, 0.25) is 0 Å². The molecule has 3 fully saturated rings. The lowest BCUT2D eigenvalue weighted by molar-refractivity contribution is -0.173. The molecule has 6 heteroatoms. The van der Waals surface area contributed by atoms with Gasteiger partial charge in [0.25, 0.3) is 0 Å². The van der Waals surface area contributed by atoms with E-state index in [9.17, 15) is 15.0 Å². The fourth-order valence-electron chi connectivity index (χ4n) is 8.93. The lowest BCUT2D eigenvalue weighted by Gasteiger charge is -2.61. The summed E-state index contributed by atoms with van der Waals surface area (Å²) in [5.74, 6) is 2.96. The highest BCUT2D eigenvalue weighted by Crippen LogP contribution is 2.62. The Bertz CT molecular complexity index is 898. The van der Waals surface area contributed by atoms with Gasteiger partial charge in [-0.15, -0.1) is 6.58 Å². The van der Waals surface area contributed by atoms with Crippen molar-refractivity contribution in [1.29, 1.82) is 0 Å². The lowest BCUT2D eigenvalue weighted by Crippen LogP contribution is -2.58. The number of nitrogens with zero attached hydrogens (tertiary/aromatic N) is 1. The van der Waals surface area contributed by atoms with Crippen molar-refractivity contribution in [3.63, 3.8) is 0 Å². The summed E-state index contributed by atoms with van der Waals surface area (Å²) < 4.78 is 5.92. The molecule has 3 saturated carbocycles. The highest BCUT2D eigenvalue weighted by atomic mass is 16.5. The molecule has 214 valence electrons. The molecule has 38 heavy (non-hydrogen) atoms. The molecule has 1 aliphatic heterocycles. The normalized spacial score (nSPS) is 40.0. The number of hydrogen-bond donors (Lipinski definition) is 3. The topological polar surface area (TPSA) is 99.4 Å². The van der Waals surface area contributed by atoms with Crippen LogP contribution in [0.1, 0.15) is 97.8 Å². The monoisotopic (exact) mass is 529 g/mol. The van der Waals surface area contributed by atoms with Crippen LogP contribution in [0, 0.1) is 46.8 Å². The van der Waals surface area contributed by atoms with Crippen LogP contribution < -0.4 is 0 Å². The second-order valence-electron chi connectivity index (χ2n) is 13.1. The summed E-state index contributed by atoms with van der Waals surface area (Å²) in [7, 11) is 0. The number of rotatable bonds is 10. The molecule has 3 aliphatic carbocycles. The van der Waals surface area contributed by atoms with Gasteiger partial charge in [-0.25, -0.2) is 9.79 Å². The third kappa shape index (κ3) is 6.06. The number of aliphatic carboxylic acids is 1. The molecule has 0 aromatic heterocycles. The van der Waals surface area contributed by atoms with E-state index in [4.69, 9.17) is 9.84 Å². The summed E-state index contributed by atoms with van der Waals surface area (Å²) in [5.41, 5.74) is 0.522. The quantitative estimate of drug-likeness (QED) is 0.286. The van der Waals surface area contributed by atoms with Gasteiger partial charge in [-0.2, -0.15) is 0 Å². The minimum atomic E-state index is -0.900. The first kappa shape index (κ1) is 29.3. The fraction of sp³-hybridized carbons (Fsp3) is 0.812. The Morgan fingerprint density at radius 2 is 2.05 bits per heavy atom. The predicted molar refractivity (Wildman–Crippen MR) is 151 cm³/mol. The van der Waals surface area contributed by atoms with E-state index in [0.29, 0.717) is 66.4 Å². The van der Waals surface area contributed by atoms with Gasteiger partial charge in [0.1, 0.15) is 0 Å². The molecular formula is C32H51NO5. The zero-order chi connectivity index (χ0) is 27.4. The van der Waals surface area contributed by atoms with Gasteiger partial charge in [-0.1, -0.05) is 33.3 Å². The Morgan fingerprint density at radius 1 is 1.26 bits per heavy atom. The Kier molecular flexibility index (Phi) is 9.78. The molecule has 6 nitrogen and oxygen atoms in total. The molecule has 0 radical (unpaired) electrons. The van der Waals surface area contributed by atoms with E-state index in [-0.39, 0.29) is 23.5 Å². The van der Waals surface area contributed by atoms with Crippen LogP contribution in [0.5, 0.6) is 0 Å². The van der Waals surface area contributed by atoms with Gasteiger partial charge < -0.3 is 20.1 Å². The molecule has 0 saturated heterocycles. The third-order valence-electron chi connectivity index (χ3n) is 11.2. The van der Waals surface area contributed by atoms with E-state index < -0.39 is 5.97 Å². The number of aliphatic imine (C=N–C) groups is 1. The Labute approximate surface area is 229 Å². The van der Waals surface area contributed by atoms with E-state index in [1.165, 1.54) is 25.5 Å². The zero-order valence-electron chi connectivity index (χ0n) is 23.9. The van der Waals surface area contributed by atoms with E-state index in [1.807, 2.05) is 6.08 Å². The molecule has 0 unspecified atom stereocenters. The Morgan fingerprint density at radius 3 is 2.71 bits per heavy atom. The number of ether oxygens (including phenoxy) is 1. The standard InChI is InChI=1S/C32H51NO5/c1-5-7-8-26-29(30(35)25(6-2)27-18-24(34)13-15-32(26,27)4)22-10-9-21(17-22)20(3)14-16-38-28-12-11-23(19-33-28)31(36)37/h5,19-22,24-27,29-30,34-35H,1,6-18H2,2-4H3,(H,36,37)/t20-,21+,22-,24-,25-,26+,27+,29+,30-,32-/m1/s1. The SMILES string of the molecule is C=CCC[C@H]1[C@H]([C@@H]2CC[C@H]([C@H](C)CCOC3=NC=C(C(=O)O)CC3)C2)[C@H](O)[C@H](CC)[C@@H]2C[C@H](O)CC[C@@]21C. The summed E-state index contributed by atoms with van der Waals surface area (Å²) >= 11 is 0. The molecule has 0 spiro atoms. The van der Waals surface area contributed by atoms with Gasteiger partial charge in [0.2, 0.25) is 0 Å². The maximum atomic E-state index is 11.9. The van der Waals surface area contributed by atoms with Crippen molar-refractivity contribution < 1.29 is 24.9 Å². The zero-order valence-corrected chi connectivity index (χ0v) is 23.9.